The summed E-state index contributed by atoms with van der Waals surface area (Å²) in [7, 11) is 1.51. The van der Waals surface area contributed by atoms with Crippen molar-refractivity contribution in [1.29, 1.82) is 0 Å². The van der Waals surface area contributed by atoms with Crippen LogP contribution in [0.4, 0.5) is 22.7 Å². The average molecular weight is 457 g/mol. The van der Waals surface area contributed by atoms with Crippen molar-refractivity contribution in [3.8, 4) is 11.5 Å². The number of primary amides is 2. The van der Waals surface area contributed by atoms with Gasteiger partial charge in [-0.2, -0.15) is 0 Å². The number of unbranched alkanes of at least 4 members (excludes halogenated alkanes) is 1. The second kappa shape index (κ2) is 9.35. The summed E-state index contributed by atoms with van der Waals surface area (Å²) in [6.07, 6.45) is 2.29. The third-order valence-electron chi connectivity index (χ3n) is 5.50. The SMILES string of the molecule is COc1cc(C(N)=O)cc(N)c1NCCCCNc1c(N)cc(C(N)=O)c2c1CC(C)(C)O2. The molecule has 178 valence electrons. The first-order chi connectivity index (χ1) is 15.5. The Balaban J connectivity index is 1.59. The number of amides is 2. The van der Waals surface area contributed by atoms with Crippen LogP contribution in [0, 0.1) is 0 Å². The van der Waals surface area contributed by atoms with Crippen LogP contribution in [0.5, 0.6) is 11.5 Å². The number of carbonyl (C=O) groups is 2. The number of nitrogens with two attached hydrogens (primary N) is 4. The zero-order valence-corrected chi connectivity index (χ0v) is 19.2. The molecule has 0 fully saturated rings. The molecular formula is C23H32N6O4. The summed E-state index contributed by atoms with van der Waals surface area (Å²) in [5.41, 5.74) is 26.4. The number of nitrogen functional groups attached to an aromatic ring is 2. The van der Waals surface area contributed by atoms with Crippen molar-refractivity contribution in [3.63, 3.8) is 0 Å². The molecule has 0 aliphatic carbocycles. The number of methoxy groups -OCH3 is 1. The minimum atomic E-state index is -0.568. The molecular weight excluding hydrogens is 424 g/mol. The van der Waals surface area contributed by atoms with Gasteiger partial charge in [0, 0.05) is 30.6 Å². The molecule has 2 amide bonds. The summed E-state index contributed by atoms with van der Waals surface area (Å²) in [4.78, 5) is 23.2. The first-order valence-electron chi connectivity index (χ1n) is 10.7. The topological polar surface area (TPSA) is 181 Å². The lowest BCUT2D eigenvalue weighted by molar-refractivity contribution is 0.0981. The minimum Gasteiger partial charge on any atom is -0.494 e. The van der Waals surface area contributed by atoms with E-state index in [9.17, 15) is 9.59 Å². The van der Waals surface area contributed by atoms with Crippen molar-refractivity contribution in [3.05, 3.63) is 34.9 Å². The van der Waals surface area contributed by atoms with Gasteiger partial charge in [0.15, 0.2) is 0 Å². The van der Waals surface area contributed by atoms with Gasteiger partial charge in [-0.1, -0.05) is 0 Å². The first kappa shape index (κ1) is 23.8. The summed E-state index contributed by atoms with van der Waals surface area (Å²) in [5, 5.41) is 6.64. The van der Waals surface area contributed by atoms with Gasteiger partial charge in [-0.25, -0.2) is 0 Å². The van der Waals surface area contributed by atoms with Gasteiger partial charge in [-0.15, -0.1) is 0 Å². The smallest absolute Gasteiger partial charge is 0.252 e. The fourth-order valence-corrected chi connectivity index (χ4v) is 3.96. The van der Waals surface area contributed by atoms with Gasteiger partial charge >= 0.3 is 0 Å². The Labute approximate surface area is 193 Å². The molecule has 33 heavy (non-hydrogen) atoms. The molecule has 0 bridgehead atoms. The summed E-state index contributed by atoms with van der Waals surface area (Å²) in [6, 6.07) is 4.65. The van der Waals surface area contributed by atoms with E-state index in [1.807, 2.05) is 13.8 Å². The molecule has 1 heterocycles. The van der Waals surface area contributed by atoms with Crippen LogP contribution >= 0.6 is 0 Å². The van der Waals surface area contributed by atoms with E-state index in [0.29, 0.717) is 59.2 Å². The maximum atomic E-state index is 11.8. The molecule has 0 saturated heterocycles. The number of hydrogen-bond donors (Lipinski definition) is 6. The van der Waals surface area contributed by atoms with Crippen molar-refractivity contribution in [2.75, 3.05) is 42.3 Å². The second-order valence-electron chi connectivity index (χ2n) is 8.67. The van der Waals surface area contributed by atoms with Crippen molar-refractivity contribution >= 4 is 34.6 Å². The van der Waals surface area contributed by atoms with E-state index in [2.05, 4.69) is 10.6 Å². The van der Waals surface area contributed by atoms with Crippen LogP contribution in [0.3, 0.4) is 0 Å². The van der Waals surface area contributed by atoms with Gasteiger partial charge in [0.2, 0.25) is 5.91 Å². The number of anilines is 4. The van der Waals surface area contributed by atoms with E-state index >= 15 is 0 Å². The highest BCUT2D eigenvalue weighted by Gasteiger charge is 2.36. The fraction of sp³-hybridized carbons (Fsp3) is 0.391. The van der Waals surface area contributed by atoms with Gasteiger partial charge in [0.25, 0.3) is 5.91 Å². The molecule has 10 N–H and O–H groups in total. The monoisotopic (exact) mass is 456 g/mol. The lowest BCUT2D eigenvalue weighted by Gasteiger charge is -2.17. The quantitative estimate of drug-likeness (QED) is 0.232. The molecule has 0 radical (unpaired) electrons. The zero-order valence-electron chi connectivity index (χ0n) is 19.2. The molecule has 1 aliphatic heterocycles. The Kier molecular flexibility index (Phi) is 6.75. The number of hydrogen-bond acceptors (Lipinski definition) is 8. The van der Waals surface area contributed by atoms with Crippen LogP contribution in [-0.4, -0.2) is 37.6 Å². The minimum absolute atomic E-state index is 0.290. The lowest BCUT2D eigenvalue weighted by Crippen LogP contribution is -2.25. The molecule has 0 unspecified atom stereocenters. The standard InChI is InChI=1S/C23H32N6O4/c1-23(2)11-14-18(16(25)10-13(22(27)31)20(14)33-23)28-6-4-5-7-29-19-15(24)8-12(21(26)30)9-17(19)32-3/h8-10,28-29H,4-7,11,24-25H2,1-3H3,(H2,26,30)(H2,27,31). The summed E-state index contributed by atoms with van der Waals surface area (Å²) >= 11 is 0. The second-order valence-corrected chi connectivity index (χ2v) is 8.67. The number of rotatable bonds is 10. The van der Waals surface area contributed by atoms with Crippen molar-refractivity contribution in [1.82, 2.24) is 0 Å². The number of ether oxygens (including phenoxy) is 2. The highest BCUT2D eigenvalue weighted by molar-refractivity contribution is 5.99. The van der Waals surface area contributed by atoms with Crippen molar-refractivity contribution < 1.29 is 19.1 Å². The molecule has 10 heteroatoms. The Hall–Kier alpha value is -3.82. The first-order valence-corrected chi connectivity index (χ1v) is 10.7. The Morgan fingerprint density at radius 2 is 1.61 bits per heavy atom. The third kappa shape index (κ3) is 5.16. The summed E-state index contributed by atoms with van der Waals surface area (Å²) in [5.74, 6) is -0.164. The summed E-state index contributed by atoms with van der Waals surface area (Å²) in [6.45, 7) is 5.23. The van der Waals surface area contributed by atoms with E-state index < -0.39 is 17.4 Å². The van der Waals surface area contributed by atoms with Gasteiger partial charge in [0.05, 0.1) is 29.7 Å². The number of benzene rings is 2. The Morgan fingerprint density at radius 3 is 2.18 bits per heavy atom. The van der Waals surface area contributed by atoms with Gasteiger partial charge in [-0.05, 0) is 44.9 Å². The van der Waals surface area contributed by atoms with E-state index in [1.54, 1.807) is 12.1 Å². The molecule has 3 rings (SSSR count). The predicted octanol–water partition coefficient (Wildman–Crippen LogP) is 2.08. The number of fused-ring (bicyclic) bond motifs is 1. The van der Waals surface area contributed by atoms with E-state index in [-0.39, 0.29) is 0 Å². The largest absolute Gasteiger partial charge is 0.494 e. The molecule has 0 aromatic heterocycles. The van der Waals surface area contributed by atoms with E-state index in [1.165, 1.54) is 13.2 Å². The maximum absolute atomic E-state index is 11.8. The Bertz CT molecular complexity index is 1080. The van der Waals surface area contributed by atoms with E-state index in [0.717, 1.165) is 24.1 Å². The average Bonchev–Trinajstić information content (AvgIpc) is 3.06. The zero-order chi connectivity index (χ0) is 24.3. The maximum Gasteiger partial charge on any atom is 0.252 e. The van der Waals surface area contributed by atoms with Crippen LogP contribution in [0.1, 0.15) is 53.0 Å². The number of carbonyl (C=O) groups excluding carboxylic acids is 2. The fourth-order valence-electron chi connectivity index (χ4n) is 3.96. The van der Waals surface area contributed by atoms with Crippen molar-refractivity contribution in [2.45, 2.75) is 38.7 Å². The van der Waals surface area contributed by atoms with Gasteiger partial charge < -0.3 is 43.0 Å². The molecule has 0 atom stereocenters. The molecule has 10 nitrogen and oxygen atoms in total. The molecule has 0 saturated carbocycles. The van der Waals surface area contributed by atoms with Crippen LogP contribution in [0.2, 0.25) is 0 Å². The lowest BCUT2D eigenvalue weighted by atomic mass is 9.97. The summed E-state index contributed by atoms with van der Waals surface area (Å²) < 4.78 is 11.3. The Morgan fingerprint density at radius 1 is 1.00 bits per heavy atom. The predicted molar refractivity (Wildman–Crippen MR) is 130 cm³/mol. The van der Waals surface area contributed by atoms with Crippen LogP contribution in [0.15, 0.2) is 18.2 Å². The van der Waals surface area contributed by atoms with E-state index in [4.69, 9.17) is 32.4 Å². The van der Waals surface area contributed by atoms with Crippen molar-refractivity contribution in [2.24, 2.45) is 11.5 Å². The normalized spacial score (nSPS) is 13.7. The van der Waals surface area contributed by atoms with Gasteiger partial charge in [-0.3, -0.25) is 9.59 Å². The van der Waals surface area contributed by atoms with Crippen LogP contribution < -0.4 is 43.0 Å². The third-order valence-corrected chi connectivity index (χ3v) is 5.50. The van der Waals surface area contributed by atoms with Gasteiger partial charge in [0.1, 0.15) is 22.8 Å². The molecule has 1 aliphatic rings. The molecule has 2 aromatic rings. The number of nitrogens with one attached hydrogen (secondary N) is 2. The van der Waals surface area contributed by atoms with Crippen LogP contribution in [-0.2, 0) is 6.42 Å². The highest BCUT2D eigenvalue weighted by Crippen LogP contribution is 2.44. The highest BCUT2D eigenvalue weighted by atomic mass is 16.5. The molecule has 2 aromatic carbocycles. The molecule has 0 spiro atoms. The van der Waals surface area contributed by atoms with Crippen LogP contribution in [0.25, 0.3) is 0 Å².